The van der Waals surface area contributed by atoms with Crippen LogP contribution in [0.2, 0.25) is 0 Å². The molecular formula is C20H31N3O4S. The van der Waals surface area contributed by atoms with Crippen LogP contribution >= 0.6 is 0 Å². The summed E-state index contributed by atoms with van der Waals surface area (Å²) in [5.74, 6) is 0.924. The molecule has 0 aliphatic carbocycles. The number of hydrogen-bond donors (Lipinski definition) is 0. The molecule has 0 spiro atoms. The topological polar surface area (TPSA) is 70.2 Å². The minimum Gasteiger partial charge on any atom is -0.492 e. The lowest BCUT2D eigenvalue weighted by Crippen LogP contribution is -2.48. The number of aryl methyl sites for hydroxylation is 1. The Balaban J connectivity index is 1.57. The molecule has 28 heavy (non-hydrogen) atoms. The molecule has 8 heteroatoms. The number of piperazine rings is 1. The first-order valence-electron chi connectivity index (χ1n) is 10.1. The fourth-order valence-corrected chi connectivity index (χ4v) is 4.59. The van der Waals surface area contributed by atoms with Gasteiger partial charge in [-0.25, -0.2) is 8.42 Å². The van der Waals surface area contributed by atoms with E-state index in [1.807, 2.05) is 23.1 Å². The molecule has 0 bridgehead atoms. The van der Waals surface area contributed by atoms with Crippen molar-refractivity contribution in [2.45, 2.75) is 32.7 Å². The number of nitrogens with zero attached hydrogens (tertiary/aromatic N) is 3. The van der Waals surface area contributed by atoms with E-state index in [0.717, 1.165) is 56.0 Å². The minimum absolute atomic E-state index is 0.195. The van der Waals surface area contributed by atoms with Gasteiger partial charge >= 0.3 is 0 Å². The third-order valence-electron chi connectivity index (χ3n) is 5.43. The van der Waals surface area contributed by atoms with E-state index in [1.165, 1.54) is 10.6 Å². The SMILES string of the molecule is CCCN1CCN(C(=O)CCc2ccc3c(c2)CN(S(C)(=O)=O)CCO3)CC1. The normalized spacial score (nSPS) is 19.0. The monoisotopic (exact) mass is 409 g/mol. The van der Waals surface area contributed by atoms with E-state index < -0.39 is 10.0 Å². The Kier molecular flexibility index (Phi) is 6.95. The lowest BCUT2D eigenvalue weighted by atomic mass is 10.0. The van der Waals surface area contributed by atoms with Crippen LogP contribution in [-0.4, -0.2) is 80.6 Å². The van der Waals surface area contributed by atoms with Gasteiger partial charge in [-0.2, -0.15) is 4.31 Å². The van der Waals surface area contributed by atoms with Crippen molar-refractivity contribution in [3.63, 3.8) is 0 Å². The van der Waals surface area contributed by atoms with Crippen molar-refractivity contribution in [3.05, 3.63) is 29.3 Å². The first-order valence-corrected chi connectivity index (χ1v) is 11.9. The summed E-state index contributed by atoms with van der Waals surface area (Å²) in [4.78, 5) is 16.9. The second-order valence-corrected chi connectivity index (χ2v) is 9.59. The lowest BCUT2D eigenvalue weighted by molar-refractivity contribution is -0.132. The predicted molar refractivity (Wildman–Crippen MR) is 109 cm³/mol. The number of fused-ring (bicyclic) bond motifs is 1. The Morgan fingerprint density at radius 1 is 1.14 bits per heavy atom. The molecule has 1 saturated heterocycles. The van der Waals surface area contributed by atoms with Crippen molar-refractivity contribution in [2.75, 3.05) is 52.1 Å². The number of rotatable bonds is 6. The molecule has 0 unspecified atom stereocenters. The van der Waals surface area contributed by atoms with Crippen LogP contribution in [0.15, 0.2) is 18.2 Å². The highest BCUT2D eigenvalue weighted by Crippen LogP contribution is 2.26. The van der Waals surface area contributed by atoms with Gasteiger partial charge in [0.25, 0.3) is 0 Å². The summed E-state index contributed by atoms with van der Waals surface area (Å²) >= 11 is 0. The summed E-state index contributed by atoms with van der Waals surface area (Å²) < 4.78 is 30.9. The van der Waals surface area contributed by atoms with E-state index >= 15 is 0 Å². The molecule has 0 aromatic heterocycles. The highest BCUT2D eigenvalue weighted by atomic mass is 32.2. The van der Waals surface area contributed by atoms with Crippen molar-refractivity contribution < 1.29 is 17.9 Å². The fourth-order valence-electron chi connectivity index (χ4n) is 3.81. The summed E-state index contributed by atoms with van der Waals surface area (Å²) in [5, 5.41) is 0. The molecule has 1 amide bonds. The predicted octanol–water partition coefficient (Wildman–Crippen LogP) is 1.33. The van der Waals surface area contributed by atoms with Gasteiger partial charge in [-0.15, -0.1) is 0 Å². The van der Waals surface area contributed by atoms with Gasteiger partial charge in [0.2, 0.25) is 15.9 Å². The van der Waals surface area contributed by atoms with Crippen molar-refractivity contribution in [2.24, 2.45) is 0 Å². The van der Waals surface area contributed by atoms with Crippen molar-refractivity contribution in [3.8, 4) is 5.75 Å². The average molecular weight is 410 g/mol. The number of sulfonamides is 1. The molecule has 1 fully saturated rings. The van der Waals surface area contributed by atoms with E-state index in [2.05, 4.69) is 11.8 Å². The quantitative estimate of drug-likeness (QED) is 0.709. The van der Waals surface area contributed by atoms with Crippen LogP contribution in [0.4, 0.5) is 0 Å². The Bertz CT molecular complexity index is 789. The van der Waals surface area contributed by atoms with Gasteiger partial charge in [-0.3, -0.25) is 9.69 Å². The van der Waals surface area contributed by atoms with E-state index in [0.29, 0.717) is 32.5 Å². The lowest BCUT2D eigenvalue weighted by Gasteiger charge is -2.34. The second-order valence-electron chi connectivity index (χ2n) is 7.61. The number of ether oxygens (including phenoxy) is 1. The summed E-state index contributed by atoms with van der Waals surface area (Å²) in [5.41, 5.74) is 1.90. The zero-order valence-electron chi connectivity index (χ0n) is 16.9. The van der Waals surface area contributed by atoms with Crippen LogP contribution in [-0.2, 0) is 27.8 Å². The van der Waals surface area contributed by atoms with Gasteiger partial charge < -0.3 is 9.64 Å². The first kappa shape index (κ1) is 21.1. The van der Waals surface area contributed by atoms with E-state index in [1.54, 1.807) is 0 Å². The largest absolute Gasteiger partial charge is 0.492 e. The molecule has 2 aliphatic heterocycles. The molecule has 156 valence electrons. The van der Waals surface area contributed by atoms with Gasteiger partial charge in [-0.1, -0.05) is 19.1 Å². The molecule has 3 rings (SSSR count). The van der Waals surface area contributed by atoms with Crippen molar-refractivity contribution >= 4 is 15.9 Å². The third kappa shape index (κ3) is 5.46. The van der Waals surface area contributed by atoms with Crippen molar-refractivity contribution in [1.29, 1.82) is 0 Å². The Hall–Kier alpha value is -1.64. The number of hydrogen-bond acceptors (Lipinski definition) is 5. The first-order chi connectivity index (χ1) is 13.4. The zero-order valence-corrected chi connectivity index (χ0v) is 17.7. The van der Waals surface area contributed by atoms with Gasteiger partial charge in [0.15, 0.2) is 0 Å². The maximum Gasteiger partial charge on any atom is 0.222 e. The van der Waals surface area contributed by atoms with E-state index in [9.17, 15) is 13.2 Å². The highest BCUT2D eigenvalue weighted by molar-refractivity contribution is 7.88. The van der Waals surface area contributed by atoms with Gasteiger partial charge in [0.1, 0.15) is 12.4 Å². The van der Waals surface area contributed by atoms with Crippen LogP contribution in [0, 0.1) is 0 Å². The fraction of sp³-hybridized carbons (Fsp3) is 0.650. The van der Waals surface area contributed by atoms with E-state index in [-0.39, 0.29) is 5.91 Å². The maximum atomic E-state index is 12.6. The maximum absolute atomic E-state index is 12.6. The number of carbonyl (C=O) groups excluding carboxylic acids is 1. The third-order valence-corrected chi connectivity index (χ3v) is 6.68. The molecule has 1 aromatic rings. The Morgan fingerprint density at radius 2 is 1.89 bits per heavy atom. The number of amides is 1. The molecule has 1 aromatic carbocycles. The van der Waals surface area contributed by atoms with Gasteiger partial charge in [-0.05, 0) is 31.0 Å². The molecule has 0 radical (unpaired) electrons. The number of benzene rings is 1. The standard InChI is InChI=1S/C20H31N3O4S/c1-3-8-21-9-11-22(12-10-21)20(24)7-5-17-4-6-19-18(15-17)16-23(13-14-27-19)28(2,25)26/h4,6,15H,3,5,7-14,16H2,1-2H3. The summed E-state index contributed by atoms with van der Waals surface area (Å²) in [6.45, 7) is 7.82. The summed E-state index contributed by atoms with van der Waals surface area (Å²) in [6.07, 6.45) is 3.50. The van der Waals surface area contributed by atoms with Crippen molar-refractivity contribution in [1.82, 2.24) is 14.1 Å². The van der Waals surface area contributed by atoms with Crippen LogP contribution < -0.4 is 4.74 Å². The minimum atomic E-state index is -3.27. The Labute approximate surface area is 168 Å². The van der Waals surface area contributed by atoms with Crippen LogP contribution in [0.3, 0.4) is 0 Å². The van der Waals surface area contributed by atoms with Gasteiger partial charge in [0.05, 0.1) is 6.26 Å². The summed E-state index contributed by atoms with van der Waals surface area (Å²) in [7, 11) is -3.27. The average Bonchev–Trinajstić information content (AvgIpc) is 2.89. The smallest absolute Gasteiger partial charge is 0.222 e. The summed E-state index contributed by atoms with van der Waals surface area (Å²) in [6, 6.07) is 5.84. The van der Waals surface area contributed by atoms with Crippen LogP contribution in [0.25, 0.3) is 0 Å². The second kappa shape index (κ2) is 9.24. The van der Waals surface area contributed by atoms with E-state index in [4.69, 9.17) is 4.74 Å². The molecule has 0 atom stereocenters. The molecular weight excluding hydrogens is 378 g/mol. The van der Waals surface area contributed by atoms with Crippen LogP contribution in [0.1, 0.15) is 30.9 Å². The molecule has 2 heterocycles. The number of carbonyl (C=O) groups is 1. The van der Waals surface area contributed by atoms with Crippen LogP contribution in [0.5, 0.6) is 5.75 Å². The molecule has 0 saturated carbocycles. The molecule has 7 nitrogen and oxygen atoms in total. The Morgan fingerprint density at radius 3 is 2.57 bits per heavy atom. The molecule has 2 aliphatic rings. The zero-order chi connectivity index (χ0) is 20.1. The van der Waals surface area contributed by atoms with Gasteiger partial charge in [0, 0.05) is 51.3 Å². The molecule has 0 N–H and O–H groups in total. The highest BCUT2D eigenvalue weighted by Gasteiger charge is 2.23.